The summed E-state index contributed by atoms with van der Waals surface area (Å²) in [5, 5.41) is 3.16. The van der Waals surface area contributed by atoms with Crippen molar-refractivity contribution in [2.75, 3.05) is 6.54 Å². The summed E-state index contributed by atoms with van der Waals surface area (Å²) in [6, 6.07) is 14.4. The highest BCUT2D eigenvalue weighted by Gasteiger charge is 2.23. The normalized spacial score (nSPS) is 19.3. The van der Waals surface area contributed by atoms with Gasteiger partial charge in [0.05, 0.1) is 5.56 Å². The van der Waals surface area contributed by atoms with Gasteiger partial charge in [-0.3, -0.25) is 9.78 Å². The number of hydrogen-bond donors (Lipinski definition) is 2. The summed E-state index contributed by atoms with van der Waals surface area (Å²) in [6.07, 6.45) is 10.3. The Labute approximate surface area is 166 Å². The van der Waals surface area contributed by atoms with Gasteiger partial charge in [-0.1, -0.05) is 30.3 Å². The van der Waals surface area contributed by atoms with Crippen LogP contribution in [0, 0.1) is 12.8 Å². The first-order valence-corrected chi connectivity index (χ1v) is 10.1. The smallest absolute Gasteiger partial charge is 0.253 e. The molecular weight excluding hydrogens is 346 g/mol. The van der Waals surface area contributed by atoms with Crippen molar-refractivity contribution in [1.29, 1.82) is 0 Å². The van der Waals surface area contributed by atoms with Gasteiger partial charge < -0.3 is 10.3 Å². The number of hydrogen-bond acceptors (Lipinski definition) is 2. The molecule has 2 N–H and O–H groups in total. The van der Waals surface area contributed by atoms with E-state index in [0.717, 1.165) is 36.2 Å². The number of nitrogens with zero attached hydrogens (tertiary/aromatic N) is 1. The lowest BCUT2D eigenvalue weighted by molar-refractivity contribution is 0.0943. The molecule has 144 valence electrons. The number of carbonyl (C=O) groups excluding carboxylic acids is 1. The molecule has 4 rings (SSSR count). The van der Waals surface area contributed by atoms with Crippen LogP contribution in [-0.4, -0.2) is 22.4 Å². The molecule has 0 aliphatic heterocycles. The van der Waals surface area contributed by atoms with Crippen LogP contribution in [0.2, 0.25) is 0 Å². The third-order valence-electron chi connectivity index (χ3n) is 5.87. The fourth-order valence-electron chi connectivity index (χ4n) is 4.26. The highest BCUT2D eigenvalue weighted by Crippen LogP contribution is 2.35. The standard InChI is InChI=1S/C24H27N3O/c1-17-13-21(11-12-26-17)19-9-7-18(8-10-19)14-27-24(28)23-16-25-15-22(23)20-5-3-2-4-6-20/h2-6,11-13,15-16,18-19,25H,7-10,14H2,1H3,(H,27,28). The molecule has 2 heterocycles. The molecule has 1 aliphatic carbocycles. The fourth-order valence-corrected chi connectivity index (χ4v) is 4.26. The average molecular weight is 374 g/mol. The van der Waals surface area contributed by atoms with Gasteiger partial charge in [-0.15, -0.1) is 0 Å². The lowest BCUT2D eigenvalue weighted by Crippen LogP contribution is -2.31. The molecule has 1 fully saturated rings. The summed E-state index contributed by atoms with van der Waals surface area (Å²) in [6.45, 7) is 2.80. The molecule has 2 aromatic heterocycles. The second-order valence-electron chi connectivity index (χ2n) is 7.81. The second kappa shape index (κ2) is 8.42. The number of aromatic amines is 1. The van der Waals surface area contributed by atoms with Gasteiger partial charge in [0.15, 0.2) is 0 Å². The van der Waals surface area contributed by atoms with Gasteiger partial charge in [-0.2, -0.15) is 0 Å². The van der Waals surface area contributed by atoms with Crippen LogP contribution in [-0.2, 0) is 0 Å². The summed E-state index contributed by atoms with van der Waals surface area (Å²) in [4.78, 5) is 20.1. The third kappa shape index (κ3) is 4.16. The van der Waals surface area contributed by atoms with Crippen LogP contribution in [0.15, 0.2) is 61.1 Å². The Hall–Kier alpha value is -2.88. The molecular formula is C24H27N3O. The zero-order valence-corrected chi connectivity index (χ0v) is 16.3. The van der Waals surface area contributed by atoms with Gasteiger partial charge in [-0.25, -0.2) is 0 Å². The van der Waals surface area contributed by atoms with Gasteiger partial charge in [0.25, 0.3) is 5.91 Å². The predicted octanol–water partition coefficient (Wildman–Crippen LogP) is 5.09. The summed E-state index contributed by atoms with van der Waals surface area (Å²) in [5.41, 5.74) is 5.23. The Morgan fingerprint density at radius 1 is 1.11 bits per heavy atom. The minimum absolute atomic E-state index is 0.00647. The highest BCUT2D eigenvalue weighted by molar-refractivity contribution is 6.00. The van der Waals surface area contributed by atoms with E-state index in [0.29, 0.717) is 17.4 Å². The lowest BCUT2D eigenvalue weighted by atomic mass is 9.79. The zero-order valence-electron chi connectivity index (χ0n) is 16.3. The van der Waals surface area contributed by atoms with Crippen LogP contribution in [0.25, 0.3) is 11.1 Å². The Balaban J connectivity index is 1.32. The number of carbonyl (C=O) groups is 1. The van der Waals surface area contributed by atoms with Crippen LogP contribution >= 0.6 is 0 Å². The van der Waals surface area contributed by atoms with Crippen molar-refractivity contribution in [3.8, 4) is 11.1 Å². The van der Waals surface area contributed by atoms with E-state index in [4.69, 9.17) is 0 Å². The molecule has 0 bridgehead atoms. The van der Waals surface area contributed by atoms with Crippen molar-refractivity contribution in [3.05, 3.63) is 77.9 Å². The summed E-state index contributed by atoms with van der Waals surface area (Å²) < 4.78 is 0. The van der Waals surface area contributed by atoms with Crippen LogP contribution in [0.4, 0.5) is 0 Å². The first-order valence-electron chi connectivity index (χ1n) is 10.1. The maximum Gasteiger partial charge on any atom is 0.253 e. The van der Waals surface area contributed by atoms with Gasteiger partial charge in [-0.05, 0) is 67.7 Å². The Morgan fingerprint density at radius 3 is 2.64 bits per heavy atom. The van der Waals surface area contributed by atoms with Crippen LogP contribution < -0.4 is 5.32 Å². The minimum atomic E-state index is 0.00647. The van der Waals surface area contributed by atoms with Crippen LogP contribution in [0.5, 0.6) is 0 Å². The van der Waals surface area contributed by atoms with E-state index in [-0.39, 0.29) is 5.91 Å². The van der Waals surface area contributed by atoms with Crippen LogP contribution in [0.1, 0.15) is 53.2 Å². The molecule has 28 heavy (non-hydrogen) atoms. The number of amides is 1. The van der Waals surface area contributed by atoms with E-state index >= 15 is 0 Å². The predicted molar refractivity (Wildman–Crippen MR) is 112 cm³/mol. The van der Waals surface area contributed by atoms with Gasteiger partial charge >= 0.3 is 0 Å². The van der Waals surface area contributed by atoms with Crippen molar-refractivity contribution in [2.45, 2.75) is 38.5 Å². The Bertz CT molecular complexity index is 924. The molecule has 0 saturated heterocycles. The molecule has 0 unspecified atom stereocenters. The number of nitrogens with one attached hydrogen (secondary N) is 2. The molecule has 4 heteroatoms. The number of aromatic nitrogens is 2. The molecule has 3 aromatic rings. The topological polar surface area (TPSA) is 57.8 Å². The van der Waals surface area contributed by atoms with E-state index in [1.54, 1.807) is 6.20 Å². The molecule has 1 aromatic carbocycles. The molecule has 1 saturated carbocycles. The number of rotatable bonds is 5. The van der Waals surface area contributed by atoms with Crippen molar-refractivity contribution < 1.29 is 4.79 Å². The summed E-state index contributed by atoms with van der Waals surface area (Å²) in [7, 11) is 0. The van der Waals surface area contributed by atoms with Gasteiger partial charge in [0.2, 0.25) is 0 Å². The van der Waals surface area contributed by atoms with E-state index in [9.17, 15) is 4.79 Å². The van der Waals surface area contributed by atoms with Crippen molar-refractivity contribution in [2.24, 2.45) is 5.92 Å². The average Bonchev–Trinajstić information content (AvgIpc) is 3.23. The maximum absolute atomic E-state index is 12.7. The number of benzene rings is 1. The molecule has 4 nitrogen and oxygen atoms in total. The lowest BCUT2D eigenvalue weighted by Gasteiger charge is -2.29. The molecule has 0 radical (unpaired) electrons. The van der Waals surface area contributed by atoms with E-state index < -0.39 is 0 Å². The number of pyridine rings is 1. The van der Waals surface area contributed by atoms with Crippen molar-refractivity contribution >= 4 is 5.91 Å². The van der Waals surface area contributed by atoms with Gasteiger partial charge in [0.1, 0.15) is 0 Å². The minimum Gasteiger partial charge on any atom is -0.366 e. The molecule has 1 amide bonds. The molecule has 0 atom stereocenters. The third-order valence-corrected chi connectivity index (χ3v) is 5.87. The molecule has 1 aliphatic rings. The van der Waals surface area contributed by atoms with E-state index in [1.807, 2.05) is 42.7 Å². The first kappa shape index (κ1) is 18.5. The Morgan fingerprint density at radius 2 is 1.89 bits per heavy atom. The summed E-state index contributed by atoms with van der Waals surface area (Å²) in [5.74, 6) is 1.19. The Kier molecular flexibility index (Phi) is 5.56. The van der Waals surface area contributed by atoms with Gasteiger partial charge in [0, 0.05) is 36.4 Å². The molecule has 0 spiro atoms. The van der Waals surface area contributed by atoms with Crippen molar-refractivity contribution in [1.82, 2.24) is 15.3 Å². The maximum atomic E-state index is 12.7. The van der Waals surface area contributed by atoms with E-state index in [2.05, 4.69) is 34.3 Å². The number of aryl methyl sites for hydroxylation is 1. The monoisotopic (exact) mass is 373 g/mol. The quantitative estimate of drug-likeness (QED) is 0.654. The zero-order chi connectivity index (χ0) is 19.3. The number of H-pyrrole nitrogens is 1. The fraction of sp³-hybridized carbons (Fsp3) is 0.333. The van der Waals surface area contributed by atoms with Crippen molar-refractivity contribution in [3.63, 3.8) is 0 Å². The van der Waals surface area contributed by atoms with E-state index in [1.165, 1.54) is 18.4 Å². The second-order valence-corrected chi connectivity index (χ2v) is 7.81. The SMILES string of the molecule is Cc1cc(C2CCC(CNC(=O)c3c[nH]cc3-c3ccccc3)CC2)ccn1. The largest absolute Gasteiger partial charge is 0.366 e. The highest BCUT2D eigenvalue weighted by atomic mass is 16.1. The summed E-state index contributed by atoms with van der Waals surface area (Å²) >= 11 is 0. The van der Waals surface area contributed by atoms with Crippen LogP contribution in [0.3, 0.4) is 0 Å². The first-order chi connectivity index (χ1) is 13.7.